The van der Waals surface area contributed by atoms with Gasteiger partial charge in [0.1, 0.15) is 5.75 Å². The summed E-state index contributed by atoms with van der Waals surface area (Å²) in [4.78, 5) is 25.3. The molecule has 0 spiro atoms. The first-order valence-corrected chi connectivity index (χ1v) is 9.17. The lowest BCUT2D eigenvalue weighted by molar-refractivity contribution is -0.120. The summed E-state index contributed by atoms with van der Waals surface area (Å²) < 4.78 is 5.12. The summed E-state index contributed by atoms with van der Waals surface area (Å²) in [5.74, 6) is 0.254. The minimum absolute atomic E-state index is 0. The highest BCUT2D eigenvalue weighted by Crippen LogP contribution is 2.26. The fourth-order valence-electron chi connectivity index (χ4n) is 3.36. The quantitative estimate of drug-likeness (QED) is 0.707. The molecular formula is C21H26ClN3O3. The lowest BCUT2D eigenvalue weighted by atomic mass is 9.85. The Morgan fingerprint density at radius 1 is 1.04 bits per heavy atom. The number of para-hydroxylation sites is 1. The number of halogens is 1. The van der Waals surface area contributed by atoms with Gasteiger partial charge in [-0.25, -0.2) is 0 Å². The second kappa shape index (κ2) is 10.1. The van der Waals surface area contributed by atoms with Gasteiger partial charge in [-0.3, -0.25) is 9.59 Å². The van der Waals surface area contributed by atoms with Crippen LogP contribution in [0.1, 0.15) is 36.0 Å². The first-order valence-electron chi connectivity index (χ1n) is 9.17. The highest BCUT2D eigenvalue weighted by molar-refractivity contribution is 6.10. The van der Waals surface area contributed by atoms with Crippen molar-refractivity contribution in [3.63, 3.8) is 0 Å². The molecule has 2 aromatic carbocycles. The Morgan fingerprint density at radius 2 is 1.75 bits per heavy atom. The van der Waals surface area contributed by atoms with Crippen LogP contribution in [0.2, 0.25) is 0 Å². The zero-order valence-corrected chi connectivity index (χ0v) is 16.6. The zero-order chi connectivity index (χ0) is 19.2. The molecule has 1 saturated carbocycles. The number of rotatable bonds is 5. The van der Waals surface area contributed by atoms with Gasteiger partial charge >= 0.3 is 0 Å². The average molecular weight is 404 g/mol. The highest BCUT2D eigenvalue weighted by atomic mass is 35.5. The summed E-state index contributed by atoms with van der Waals surface area (Å²) in [6, 6.07) is 14.2. The van der Waals surface area contributed by atoms with Crippen molar-refractivity contribution in [3.05, 3.63) is 54.1 Å². The number of hydrogen-bond acceptors (Lipinski definition) is 4. The molecule has 0 heterocycles. The van der Waals surface area contributed by atoms with Crippen LogP contribution in [-0.4, -0.2) is 25.0 Å². The smallest absolute Gasteiger partial charge is 0.257 e. The molecule has 28 heavy (non-hydrogen) atoms. The van der Waals surface area contributed by atoms with Crippen LogP contribution in [0, 0.1) is 5.92 Å². The van der Waals surface area contributed by atoms with E-state index in [0.717, 1.165) is 19.3 Å². The van der Waals surface area contributed by atoms with Crippen molar-refractivity contribution in [1.82, 2.24) is 0 Å². The van der Waals surface area contributed by atoms with E-state index >= 15 is 0 Å². The Hall–Kier alpha value is -2.57. The normalized spacial score (nSPS) is 18.5. The molecule has 1 aliphatic rings. The monoisotopic (exact) mass is 403 g/mol. The zero-order valence-electron chi connectivity index (χ0n) is 15.8. The second-order valence-electron chi connectivity index (χ2n) is 6.84. The van der Waals surface area contributed by atoms with E-state index in [9.17, 15) is 9.59 Å². The number of amides is 2. The van der Waals surface area contributed by atoms with E-state index in [1.54, 1.807) is 55.6 Å². The van der Waals surface area contributed by atoms with E-state index in [-0.39, 0.29) is 36.2 Å². The number of hydrogen-bond donors (Lipinski definition) is 3. The van der Waals surface area contributed by atoms with Crippen LogP contribution in [0.15, 0.2) is 48.5 Å². The number of carbonyl (C=O) groups is 2. The van der Waals surface area contributed by atoms with Crippen molar-refractivity contribution in [3.8, 4) is 5.75 Å². The predicted octanol–water partition coefficient (Wildman–Crippen LogP) is 3.83. The first-order chi connectivity index (χ1) is 13.1. The molecule has 0 bridgehead atoms. The lowest BCUT2D eigenvalue weighted by Gasteiger charge is -2.26. The molecule has 2 unspecified atom stereocenters. The molecule has 1 fully saturated rings. The van der Waals surface area contributed by atoms with Gasteiger partial charge in [0.2, 0.25) is 5.91 Å². The van der Waals surface area contributed by atoms with Crippen LogP contribution in [0.25, 0.3) is 0 Å². The molecule has 0 aliphatic heterocycles. The largest absolute Gasteiger partial charge is 0.497 e. The van der Waals surface area contributed by atoms with E-state index in [2.05, 4.69) is 10.6 Å². The van der Waals surface area contributed by atoms with Gasteiger partial charge in [-0.15, -0.1) is 12.4 Å². The van der Waals surface area contributed by atoms with Crippen molar-refractivity contribution in [2.45, 2.75) is 31.7 Å². The molecule has 1 aliphatic carbocycles. The van der Waals surface area contributed by atoms with E-state index < -0.39 is 0 Å². The summed E-state index contributed by atoms with van der Waals surface area (Å²) in [5.41, 5.74) is 7.57. The van der Waals surface area contributed by atoms with Crippen molar-refractivity contribution in [2.75, 3.05) is 17.7 Å². The summed E-state index contributed by atoms with van der Waals surface area (Å²) >= 11 is 0. The Labute approximate surface area is 171 Å². The van der Waals surface area contributed by atoms with E-state index in [1.165, 1.54) is 0 Å². The average Bonchev–Trinajstić information content (AvgIpc) is 2.69. The third-order valence-corrected chi connectivity index (χ3v) is 4.86. The topological polar surface area (TPSA) is 93.5 Å². The Bertz CT molecular complexity index is 811. The third kappa shape index (κ3) is 5.47. The summed E-state index contributed by atoms with van der Waals surface area (Å²) in [6.45, 7) is 0. The minimum Gasteiger partial charge on any atom is -0.497 e. The van der Waals surface area contributed by atoms with Crippen LogP contribution >= 0.6 is 12.4 Å². The third-order valence-electron chi connectivity index (χ3n) is 4.86. The molecule has 2 atom stereocenters. The summed E-state index contributed by atoms with van der Waals surface area (Å²) in [6.07, 6.45) is 3.44. The molecule has 6 nitrogen and oxygen atoms in total. The van der Waals surface area contributed by atoms with Gasteiger partial charge in [0.05, 0.1) is 18.4 Å². The van der Waals surface area contributed by atoms with Crippen molar-refractivity contribution >= 4 is 35.6 Å². The number of anilines is 2. The fraction of sp³-hybridized carbons (Fsp3) is 0.333. The van der Waals surface area contributed by atoms with E-state index in [0.29, 0.717) is 29.1 Å². The van der Waals surface area contributed by atoms with Gasteiger partial charge in [0.15, 0.2) is 0 Å². The lowest BCUT2D eigenvalue weighted by Crippen LogP contribution is -2.34. The van der Waals surface area contributed by atoms with E-state index in [1.807, 2.05) is 0 Å². The number of nitrogens with two attached hydrogens (primary N) is 1. The van der Waals surface area contributed by atoms with Gasteiger partial charge in [-0.2, -0.15) is 0 Å². The maximum Gasteiger partial charge on any atom is 0.257 e. The molecule has 0 radical (unpaired) electrons. The number of nitrogens with one attached hydrogen (secondary N) is 2. The second-order valence-corrected chi connectivity index (χ2v) is 6.84. The van der Waals surface area contributed by atoms with Gasteiger partial charge < -0.3 is 21.1 Å². The first kappa shape index (κ1) is 21.7. The molecule has 0 saturated heterocycles. The van der Waals surface area contributed by atoms with Gasteiger partial charge in [0.25, 0.3) is 5.91 Å². The van der Waals surface area contributed by atoms with Crippen LogP contribution in [-0.2, 0) is 4.79 Å². The predicted molar refractivity (Wildman–Crippen MR) is 113 cm³/mol. The summed E-state index contributed by atoms with van der Waals surface area (Å²) in [5, 5.41) is 5.75. The highest BCUT2D eigenvalue weighted by Gasteiger charge is 2.26. The molecular weight excluding hydrogens is 378 g/mol. The number of methoxy groups -OCH3 is 1. The molecule has 2 amide bonds. The van der Waals surface area contributed by atoms with Crippen LogP contribution in [0.3, 0.4) is 0 Å². The number of benzene rings is 2. The van der Waals surface area contributed by atoms with Gasteiger partial charge in [-0.05, 0) is 55.7 Å². The Morgan fingerprint density at radius 3 is 2.43 bits per heavy atom. The Balaban J connectivity index is 0.00000280. The van der Waals surface area contributed by atoms with Crippen LogP contribution < -0.4 is 21.1 Å². The minimum atomic E-state index is -0.281. The van der Waals surface area contributed by atoms with Gasteiger partial charge in [-0.1, -0.05) is 18.6 Å². The van der Waals surface area contributed by atoms with E-state index in [4.69, 9.17) is 10.5 Å². The molecule has 3 rings (SSSR count). The standard InChI is InChI=1S/C21H25N3O3.ClH/c1-27-17-11-9-16(10-12-17)23-21(26)18-7-2-3-8-19(18)24-20(25)14-5-4-6-15(22)13-14;/h2-3,7-12,14-15H,4-6,13,22H2,1H3,(H,23,26)(H,24,25);1H. The maximum absolute atomic E-state index is 12.7. The van der Waals surface area contributed by atoms with Crippen molar-refractivity contribution in [2.24, 2.45) is 11.7 Å². The summed E-state index contributed by atoms with van der Waals surface area (Å²) in [7, 11) is 1.59. The molecule has 4 N–H and O–H groups in total. The maximum atomic E-state index is 12.7. The number of carbonyl (C=O) groups excluding carboxylic acids is 2. The van der Waals surface area contributed by atoms with Crippen molar-refractivity contribution < 1.29 is 14.3 Å². The number of ether oxygens (including phenoxy) is 1. The molecule has 150 valence electrons. The molecule has 0 aromatic heterocycles. The van der Waals surface area contributed by atoms with Gasteiger partial charge in [0, 0.05) is 17.6 Å². The Kier molecular flexibility index (Phi) is 7.84. The molecule has 7 heteroatoms. The fourth-order valence-corrected chi connectivity index (χ4v) is 3.36. The molecule has 2 aromatic rings. The van der Waals surface area contributed by atoms with Crippen LogP contribution in [0.5, 0.6) is 5.75 Å². The van der Waals surface area contributed by atoms with Crippen molar-refractivity contribution in [1.29, 1.82) is 0 Å². The van der Waals surface area contributed by atoms with Crippen LogP contribution in [0.4, 0.5) is 11.4 Å². The SMILES string of the molecule is COc1ccc(NC(=O)c2ccccc2NC(=O)C2CCCC(N)C2)cc1.Cl.